The van der Waals surface area contributed by atoms with Gasteiger partial charge < -0.3 is 10.1 Å². The average molecular weight is 326 g/mol. The van der Waals surface area contributed by atoms with E-state index in [1.807, 2.05) is 24.3 Å². The van der Waals surface area contributed by atoms with Crippen LogP contribution in [0.1, 0.15) is 25.8 Å². The van der Waals surface area contributed by atoms with Crippen LogP contribution in [-0.4, -0.2) is 37.6 Å². The van der Waals surface area contributed by atoms with Crippen molar-refractivity contribution in [1.29, 1.82) is 0 Å². The molecule has 6 heteroatoms. The third-order valence-electron chi connectivity index (χ3n) is 3.65. The molecule has 0 aromatic heterocycles. The number of carbonyl (C=O) groups excluding carboxylic acids is 1. The summed E-state index contributed by atoms with van der Waals surface area (Å²) in [5, 5.41) is 5.25. The van der Waals surface area contributed by atoms with E-state index < -0.39 is 24.9 Å². The third kappa shape index (κ3) is 5.78. The minimum atomic E-state index is -2.78. The molecule has 1 amide bonds. The molecule has 1 atom stereocenters. The Morgan fingerprint density at radius 2 is 2.09 bits per heavy atom. The molecule has 23 heavy (non-hydrogen) atoms. The van der Waals surface area contributed by atoms with E-state index in [1.165, 1.54) is 0 Å². The number of hydrogen-bond acceptors (Lipinski definition) is 3. The molecule has 0 bridgehead atoms. The van der Waals surface area contributed by atoms with E-state index in [9.17, 15) is 13.6 Å². The van der Waals surface area contributed by atoms with Crippen LogP contribution >= 0.6 is 0 Å². The second-order valence-electron chi connectivity index (χ2n) is 6.38. The predicted molar refractivity (Wildman–Crippen MR) is 84.8 cm³/mol. The molecule has 0 saturated carbocycles. The van der Waals surface area contributed by atoms with Crippen LogP contribution in [0.2, 0.25) is 0 Å². The second-order valence-corrected chi connectivity index (χ2v) is 6.38. The lowest BCUT2D eigenvalue weighted by Gasteiger charge is -2.12. The summed E-state index contributed by atoms with van der Waals surface area (Å²) >= 11 is 0. The van der Waals surface area contributed by atoms with Gasteiger partial charge in [-0.3, -0.25) is 10.1 Å². The fourth-order valence-corrected chi connectivity index (χ4v) is 2.37. The minimum Gasteiger partial charge on any atom is -0.493 e. The van der Waals surface area contributed by atoms with Crippen LogP contribution in [0.3, 0.4) is 0 Å². The summed E-state index contributed by atoms with van der Waals surface area (Å²) in [6.45, 7) is 4.85. The van der Waals surface area contributed by atoms with Crippen molar-refractivity contribution in [3.8, 4) is 5.75 Å². The maximum atomic E-state index is 13.0. The Morgan fingerprint density at radius 3 is 2.65 bits per heavy atom. The van der Waals surface area contributed by atoms with Crippen molar-refractivity contribution in [1.82, 2.24) is 10.6 Å². The molecular formula is C17H24F2N2O2. The molecular weight excluding hydrogens is 302 g/mol. The number of alkyl halides is 2. The molecule has 0 radical (unpaired) electrons. The zero-order chi connectivity index (χ0) is 16.9. The molecule has 1 unspecified atom stereocenters. The molecule has 1 saturated heterocycles. The molecule has 128 valence electrons. The van der Waals surface area contributed by atoms with Crippen molar-refractivity contribution in [2.75, 3.05) is 19.7 Å². The SMILES string of the molecule is CC(C)COc1ccc(CCNC(=O)C2CC(F)(F)CN2)cc1. The maximum absolute atomic E-state index is 13.0. The quantitative estimate of drug-likeness (QED) is 0.809. The summed E-state index contributed by atoms with van der Waals surface area (Å²) < 4.78 is 31.7. The number of carbonyl (C=O) groups is 1. The van der Waals surface area contributed by atoms with Crippen LogP contribution in [0, 0.1) is 5.92 Å². The fourth-order valence-electron chi connectivity index (χ4n) is 2.37. The first-order chi connectivity index (χ1) is 10.9. The van der Waals surface area contributed by atoms with Gasteiger partial charge in [0, 0.05) is 13.0 Å². The Kier molecular flexibility index (Phi) is 5.93. The summed E-state index contributed by atoms with van der Waals surface area (Å²) in [4.78, 5) is 11.8. The van der Waals surface area contributed by atoms with Gasteiger partial charge in [0.1, 0.15) is 5.75 Å². The van der Waals surface area contributed by atoms with Crippen LogP contribution in [0.4, 0.5) is 8.78 Å². The molecule has 1 fully saturated rings. The molecule has 1 aromatic carbocycles. The Hall–Kier alpha value is -1.69. The van der Waals surface area contributed by atoms with Gasteiger partial charge in [0.15, 0.2) is 0 Å². The first-order valence-corrected chi connectivity index (χ1v) is 7.96. The number of benzene rings is 1. The van der Waals surface area contributed by atoms with Crippen LogP contribution in [0.5, 0.6) is 5.75 Å². The highest BCUT2D eigenvalue weighted by atomic mass is 19.3. The minimum absolute atomic E-state index is 0.362. The molecule has 2 rings (SSSR count). The summed E-state index contributed by atoms with van der Waals surface area (Å²) in [5.41, 5.74) is 1.06. The zero-order valence-corrected chi connectivity index (χ0v) is 13.6. The van der Waals surface area contributed by atoms with Gasteiger partial charge in [-0.2, -0.15) is 0 Å². The molecule has 0 spiro atoms. The molecule has 1 aliphatic rings. The van der Waals surface area contributed by atoms with Gasteiger partial charge in [0.25, 0.3) is 5.92 Å². The van der Waals surface area contributed by atoms with Crippen molar-refractivity contribution < 1.29 is 18.3 Å². The van der Waals surface area contributed by atoms with Gasteiger partial charge in [0.2, 0.25) is 5.91 Å². The van der Waals surface area contributed by atoms with Gasteiger partial charge >= 0.3 is 0 Å². The first-order valence-electron chi connectivity index (χ1n) is 7.96. The van der Waals surface area contributed by atoms with E-state index >= 15 is 0 Å². The fraction of sp³-hybridized carbons (Fsp3) is 0.588. The van der Waals surface area contributed by atoms with Crippen molar-refractivity contribution in [3.63, 3.8) is 0 Å². The summed E-state index contributed by atoms with van der Waals surface area (Å²) in [5.74, 6) is -1.85. The molecule has 2 N–H and O–H groups in total. The average Bonchev–Trinajstić information content (AvgIpc) is 2.86. The Labute approximate surface area is 135 Å². The number of rotatable bonds is 7. The van der Waals surface area contributed by atoms with Gasteiger partial charge in [-0.1, -0.05) is 26.0 Å². The third-order valence-corrected chi connectivity index (χ3v) is 3.65. The van der Waals surface area contributed by atoms with E-state index in [2.05, 4.69) is 24.5 Å². The Balaban J connectivity index is 1.71. The summed E-state index contributed by atoms with van der Waals surface area (Å²) in [7, 11) is 0. The summed E-state index contributed by atoms with van der Waals surface area (Å²) in [6, 6.07) is 6.90. The van der Waals surface area contributed by atoms with Crippen molar-refractivity contribution in [3.05, 3.63) is 29.8 Å². The molecule has 4 nitrogen and oxygen atoms in total. The highest BCUT2D eigenvalue weighted by Gasteiger charge is 2.42. The van der Waals surface area contributed by atoms with E-state index in [1.54, 1.807) is 0 Å². The Morgan fingerprint density at radius 1 is 1.39 bits per heavy atom. The maximum Gasteiger partial charge on any atom is 0.262 e. The number of nitrogens with one attached hydrogen (secondary N) is 2. The van der Waals surface area contributed by atoms with E-state index in [4.69, 9.17) is 4.74 Å². The highest BCUT2D eigenvalue weighted by Crippen LogP contribution is 2.25. The van der Waals surface area contributed by atoms with Gasteiger partial charge in [-0.15, -0.1) is 0 Å². The van der Waals surface area contributed by atoms with E-state index in [-0.39, 0.29) is 5.91 Å². The van der Waals surface area contributed by atoms with Crippen molar-refractivity contribution in [2.45, 2.75) is 38.7 Å². The number of amides is 1. The molecule has 1 heterocycles. The lowest BCUT2D eigenvalue weighted by atomic mass is 10.1. The van der Waals surface area contributed by atoms with Gasteiger partial charge in [-0.25, -0.2) is 8.78 Å². The largest absolute Gasteiger partial charge is 0.493 e. The summed E-state index contributed by atoms with van der Waals surface area (Å²) in [6.07, 6.45) is 0.222. The van der Waals surface area contributed by atoms with Crippen LogP contribution < -0.4 is 15.4 Å². The first kappa shape index (κ1) is 17.7. The van der Waals surface area contributed by atoms with Crippen LogP contribution in [0.15, 0.2) is 24.3 Å². The van der Waals surface area contributed by atoms with Crippen molar-refractivity contribution >= 4 is 5.91 Å². The Bertz CT molecular complexity index is 518. The van der Waals surface area contributed by atoms with E-state index in [0.717, 1.165) is 11.3 Å². The molecule has 1 aromatic rings. The normalized spacial score (nSPS) is 19.8. The lowest BCUT2D eigenvalue weighted by Crippen LogP contribution is -2.41. The smallest absolute Gasteiger partial charge is 0.262 e. The standard InChI is InChI=1S/C17H24F2N2O2/c1-12(2)10-23-14-5-3-13(4-6-14)7-8-20-16(22)15-9-17(18,19)11-21-15/h3-6,12,15,21H,7-11H2,1-2H3,(H,20,22). The highest BCUT2D eigenvalue weighted by molar-refractivity contribution is 5.82. The lowest BCUT2D eigenvalue weighted by molar-refractivity contribution is -0.123. The van der Waals surface area contributed by atoms with Crippen LogP contribution in [-0.2, 0) is 11.2 Å². The topological polar surface area (TPSA) is 50.4 Å². The molecule has 1 aliphatic heterocycles. The number of hydrogen-bond donors (Lipinski definition) is 2. The van der Waals surface area contributed by atoms with Crippen LogP contribution in [0.25, 0.3) is 0 Å². The molecule has 0 aliphatic carbocycles. The van der Waals surface area contributed by atoms with Crippen molar-refractivity contribution in [2.24, 2.45) is 5.92 Å². The number of ether oxygens (including phenoxy) is 1. The van der Waals surface area contributed by atoms with Gasteiger partial charge in [-0.05, 0) is 30.0 Å². The predicted octanol–water partition coefficient (Wildman–Crippen LogP) is 2.38. The monoisotopic (exact) mass is 326 g/mol. The zero-order valence-electron chi connectivity index (χ0n) is 13.6. The second kappa shape index (κ2) is 7.73. The number of halogens is 2. The van der Waals surface area contributed by atoms with Gasteiger partial charge in [0.05, 0.1) is 19.2 Å². The van der Waals surface area contributed by atoms with E-state index in [0.29, 0.717) is 25.5 Å².